The van der Waals surface area contributed by atoms with E-state index in [9.17, 15) is 39.6 Å². The van der Waals surface area contributed by atoms with E-state index in [2.05, 4.69) is 0 Å². The molecule has 2 aromatic carbocycles. The van der Waals surface area contributed by atoms with Crippen molar-refractivity contribution in [3.05, 3.63) is 71.8 Å². The van der Waals surface area contributed by atoms with Gasteiger partial charge in [-0.05, 0) is 98.5 Å². The monoisotopic (exact) mass is 943 g/mol. The number of esters is 4. The van der Waals surface area contributed by atoms with E-state index in [-0.39, 0.29) is 51.2 Å². The Morgan fingerprint density at radius 3 is 2.04 bits per heavy atom. The highest BCUT2D eigenvalue weighted by molar-refractivity contribution is 5.81. The Hall–Kier alpha value is -4.00. The van der Waals surface area contributed by atoms with Gasteiger partial charge in [-0.15, -0.1) is 0 Å². The molecule has 2 fully saturated rings. The Morgan fingerprint density at radius 2 is 1.48 bits per heavy atom. The van der Waals surface area contributed by atoms with Crippen molar-refractivity contribution in [3.63, 3.8) is 0 Å². The van der Waals surface area contributed by atoms with Crippen LogP contribution in [-0.2, 0) is 60.8 Å². The van der Waals surface area contributed by atoms with Gasteiger partial charge in [0.15, 0.2) is 12.4 Å². The molecule has 0 aromatic heterocycles. The number of hydrogen-bond donors (Lipinski definition) is 4. The lowest BCUT2D eigenvalue weighted by Gasteiger charge is -2.47. The van der Waals surface area contributed by atoms with Gasteiger partial charge in [0.25, 0.3) is 0 Å². The van der Waals surface area contributed by atoms with Crippen LogP contribution in [0.4, 0.5) is 0 Å². The highest BCUT2D eigenvalue weighted by atomic mass is 16.7. The van der Waals surface area contributed by atoms with Crippen molar-refractivity contribution in [1.29, 1.82) is 0 Å². The fourth-order valence-electron chi connectivity index (χ4n) is 9.50. The molecule has 16 heteroatoms. The minimum Gasteiger partial charge on any atom is -0.461 e. The first-order valence-corrected chi connectivity index (χ1v) is 23.7. The van der Waals surface area contributed by atoms with Crippen molar-refractivity contribution < 1.29 is 68.0 Å². The number of rotatable bonds is 15. The molecule has 4 N–H and O–H groups in total. The van der Waals surface area contributed by atoms with Gasteiger partial charge in [0, 0.05) is 24.9 Å². The maximum atomic E-state index is 14.0. The maximum Gasteiger partial charge on any atom is 0.311 e. The average Bonchev–Trinajstić information content (AvgIpc) is 3.28. The molecule has 2 heterocycles. The van der Waals surface area contributed by atoms with Crippen molar-refractivity contribution in [2.45, 2.75) is 173 Å². The zero-order valence-corrected chi connectivity index (χ0v) is 41.4. The van der Waals surface area contributed by atoms with Gasteiger partial charge in [0.2, 0.25) is 0 Å². The van der Waals surface area contributed by atoms with Gasteiger partial charge in [-0.3, -0.25) is 19.2 Å². The van der Waals surface area contributed by atoms with E-state index in [1.165, 1.54) is 13.8 Å². The molecule has 2 saturated heterocycles. The molecule has 0 spiro atoms. The average molecular weight is 943 g/mol. The number of ether oxygens (including phenoxy) is 6. The zero-order chi connectivity index (χ0) is 49.8. The molecule has 0 aliphatic carbocycles. The second kappa shape index (κ2) is 25.0. The Balaban J connectivity index is 1.61. The van der Waals surface area contributed by atoms with Crippen LogP contribution < -0.4 is 0 Å². The van der Waals surface area contributed by atoms with E-state index in [0.717, 1.165) is 11.1 Å². The molecular weight excluding hydrogens is 865 g/mol. The van der Waals surface area contributed by atoms with Crippen molar-refractivity contribution in [1.82, 2.24) is 9.80 Å². The van der Waals surface area contributed by atoms with Crippen LogP contribution in [0.1, 0.15) is 105 Å². The number of hydrogen-bond acceptors (Lipinski definition) is 16. The minimum absolute atomic E-state index is 0.00919. The first kappa shape index (κ1) is 55.6. The first-order chi connectivity index (χ1) is 31.5. The van der Waals surface area contributed by atoms with Gasteiger partial charge in [0.1, 0.15) is 31.0 Å². The summed E-state index contributed by atoms with van der Waals surface area (Å²) < 4.78 is 36.3. The summed E-state index contributed by atoms with van der Waals surface area (Å²) in [5.74, 6) is -6.20. The van der Waals surface area contributed by atoms with Crippen LogP contribution in [0.2, 0.25) is 0 Å². The van der Waals surface area contributed by atoms with Crippen molar-refractivity contribution in [3.8, 4) is 0 Å². The lowest BCUT2D eigenvalue weighted by atomic mass is 9.78. The zero-order valence-electron chi connectivity index (χ0n) is 41.4. The third-order valence-electron chi connectivity index (χ3n) is 13.6. The predicted molar refractivity (Wildman–Crippen MR) is 249 cm³/mol. The summed E-state index contributed by atoms with van der Waals surface area (Å²) in [5.41, 5.74) is -1.99. The summed E-state index contributed by atoms with van der Waals surface area (Å²) >= 11 is 0. The molecule has 2 aliphatic heterocycles. The molecular formula is C51H78N2O14. The highest BCUT2D eigenvalue weighted by Gasteiger charge is 2.51. The summed E-state index contributed by atoms with van der Waals surface area (Å²) in [7, 11) is 5.46. The summed E-state index contributed by atoms with van der Waals surface area (Å²) in [6.07, 6.45) is -7.79. The van der Waals surface area contributed by atoms with Crippen LogP contribution in [0, 0.1) is 23.7 Å². The van der Waals surface area contributed by atoms with Crippen LogP contribution in [0.15, 0.2) is 60.7 Å². The smallest absolute Gasteiger partial charge is 0.311 e. The third kappa shape index (κ3) is 15.5. The molecule has 0 bridgehead atoms. The van der Waals surface area contributed by atoms with E-state index in [4.69, 9.17) is 28.4 Å². The number of likely N-dealkylation sites (N-methyl/N-ethyl adjacent to an activating group) is 2. The summed E-state index contributed by atoms with van der Waals surface area (Å²) in [4.78, 5) is 58.1. The van der Waals surface area contributed by atoms with Gasteiger partial charge < -0.3 is 58.6 Å². The Morgan fingerprint density at radius 1 is 0.896 bits per heavy atom. The van der Waals surface area contributed by atoms with E-state index >= 15 is 0 Å². The third-order valence-corrected chi connectivity index (χ3v) is 13.6. The molecule has 67 heavy (non-hydrogen) atoms. The largest absolute Gasteiger partial charge is 0.461 e. The summed E-state index contributed by atoms with van der Waals surface area (Å²) in [6, 6.07) is 17.2. The van der Waals surface area contributed by atoms with Gasteiger partial charge >= 0.3 is 23.9 Å². The second-order valence-electron chi connectivity index (χ2n) is 19.8. The number of nitrogens with zero attached hydrogens (tertiary/aromatic N) is 2. The van der Waals surface area contributed by atoms with Gasteiger partial charge in [-0.25, -0.2) is 0 Å². The van der Waals surface area contributed by atoms with Crippen LogP contribution in [0.25, 0.3) is 0 Å². The molecule has 4 rings (SSSR count). The number of carbonyl (C=O) groups is 4. The topological polar surface area (TPSA) is 211 Å². The lowest BCUT2D eigenvalue weighted by Crippen LogP contribution is -2.60. The molecule has 376 valence electrons. The van der Waals surface area contributed by atoms with E-state index in [1.807, 2.05) is 86.3 Å². The Bertz CT molecular complexity index is 1860. The number of aliphatic hydroxyl groups excluding tert-OH is 2. The Kier molecular flexibility index (Phi) is 20.8. The number of carbonyl (C=O) groups excluding carboxylic acids is 4. The van der Waals surface area contributed by atoms with Crippen molar-refractivity contribution in [2.75, 3.05) is 27.7 Å². The van der Waals surface area contributed by atoms with Crippen LogP contribution in [0.3, 0.4) is 0 Å². The van der Waals surface area contributed by atoms with Crippen LogP contribution in [-0.4, -0.2) is 148 Å². The number of benzene rings is 2. The van der Waals surface area contributed by atoms with Gasteiger partial charge in [-0.2, -0.15) is 0 Å². The Labute approximate surface area is 397 Å². The highest BCUT2D eigenvalue weighted by Crippen LogP contribution is 2.37. The van der Waals surface area contributed by atoms with Gasteiger partial charge in [0.05, 0.1) is 48.2 Å². The molecule has 2 aromatic rings. The normalized spacial score (nSPS) is 34.2. The predicted octanol–water partition coefficient (Wildman–Crippen LogP) is 4.80. The second-order valence-corrected chi connectivity index (χ2v) is 19.8. The van der Waals surface area contributed by atoms with E-state index in [0.29, 0.717) is 13.0 Å². The minimum atomic E-state index is -1.83. The van der Waals surface area contributed by atoms with E-state index in [1.54, 1.807) is 46.9 Å². The standard InChI is InChI=1S/C51H78N2O14/c1-12-40-51(8,61)45(57)35(6)53(11)28-31(2)27-50(7,60)46(33(4)43(56)34(5)47(58)65-40)67-49-44(39(52(9)10)25-32(3)64-49)66-41(54)24-23-38(48(59)63-30-37-21-17-14-18-22-37)26-42(55)62-29-36-19-15-13-16-20-36/h13-22,31-35,38-40,43-46,49,56-57,60-61H,12,23-30H2,1-11H3/t31-,32-,33+,34-,35-,38+,39+,40-,43+,44-,45-,46-,49+,50-,51-/m1/s1. The molecule has 0 unspecified atom stereocenters. The molecule has 0 radical (unpaired) electrons. The molecule has 2 aliphatic rings. The quantitative estimate of drug-likeness (QED) is 0.140. The van der Waals surface area contributed by atoms with Crippen molar-refractivity contribution in [2.24, 2.45) is 23.7 Å². The fourth-order valence-corrected chi connectivity index (χ4v) is 9.50. The molecule has 16 nitrogen and oxygen atoms in total. The molecule has 15 atom stereocenters. The first-order valence-electron chi connectivity index (χ1n) is 23.7. The van der Waals surface area contributed by atoms with Crippen molar-refractivity contribution >= 4 is 23.9 Å². The molecule has 0 saturated carbocycles. The maximum absolute atomic E-state index is 14.0. The number of aliphatic hydroxyl groups is 4. The summed E-state index contributed by atoms with van der Waals surface area (Å²) in [5, 5.41) is 47.4. The molecule has 0 amide bonds. The number of cyclic esters (lactones) is 1. The van der Waals surface area contributed by atoms with Crippen LogP contribution >= 0.6 is 0 Å². The van der Waals surface area contributed by atoms with E-state index < -0.39 is 108 Å². The van der Waals surface area contributed by atoms with Crippen LogP contribution in [0.5, 0.6) is 0 Å². The SMILES string of the molecule is CC[C@H]1OC(=O)[C@H](C)[C@@H](O)[C@H](C)[C@@H](O[C@@H]2O[C@H](C)C[C@H](N(C)C)[C@H]2OC(=O)CC[C@@H](CC(=O)OCc2ccccc2)C(=O)OCc2ccccc2)[C@](C)(O)C[C@@H](C)CN(C)[C@H](C)[C@@H](O)[C@]1(C)O. The summed E-state index contributed by atoms with van der Waals surface area (Å²) in [6.45, 7) is 13.8. The fraction of sp³-hybridized carbons (Fsp3) is 0.686. The van der Waals surface area contributed by atoms with Gasteiger partial charge in [-0.1, -0.05) is 81.4 Å². The lowest BCUT2D eigenvalue weighted by molar-refractivity contribution is -0.301.